The molecule has 6 heteroatoms. The summed E-state index contributed by atoms with van der Waals surface area (Å²) in [7, 11) is 0. The molecule has 0 aliphatic carbocycles. The Morgan fingerprint density at radius 1 is 1.12 bits per heavy atom. The predicted octanol–water partition coefficient (Wildman–Crippen LogP) is 1.54. The maximum Gasteiger partial charge on any atom is 0.274 e. The molecule has 3 rings (SSSR count). The van der Waals surface area contributed by atoms with Crippen LogP contribution in [0.15, 0.2) is 47.3 Å². The number of hydrogen-bond acceptors (Lipinski definition) is 4. The van der Waals surface area contributed by atoms with Crippen molar-refractivity contribution in [1.29, 1.82) is 0 Å². The Bertz CT molecular complexity index is 763. The molecule has 6 nitrogen and oxygen atoms in total. The maximum absolute atomic E-state index is 12.7. The van der Waals surface area contributed by atoms with Gasteiger partial charge < -0.3 is 9.64 Å². The lowest BCUT2D eigenvalue weighted by molar-refractivity contribution is -0.0587. The van der Waals surface area contributed by atoms with Crippen molar-refractivity contribution < 1.29 is 9.53 Å². The second kappa shape index (κ2) is 6.97. The van der Waals surface area contributed by atoms with E-state index in [-0.39, 0.29) is 29.4 Å². The molecule has 1 saturated heterocycles. The van der Waals surface area contributed by atoms with Crippen molar-refractivity contribution in [3.05, 3.63) is 64.1 Å². The lowest BCUT2D eigenvalue weighted by Crippen LogP contribution is -2.48. The Balaban J connectivity index is 1.82. The quantitative estimate of drug-likeness (QED) is 0.858. The largest absolute Gasteiger partial charge is 0.372 e. The average molecular weight is 327 g/mol. The third-order valence-electron chi connectivity index (χ3n) is 3.97. The second-order valence-corrected chi connectivity index (χ2v) is 6.17. The molecular formula is C18H21N3O3. The van der Waals surface area contributed by atoms with E-state index in [0.29, 0.717) is 19.6 Å². The van der Waals surface area contributed by atoms with Crippen molar-refractivity contribution in [1.82, 2.24) is 14.7 Å². The van der Waals surface area contributed by atoms with Crippen LogP contribution in [-0.4, -0.2) is 45.9 Å². The Labute approximate surface area is 140 Å². The number of benzene rings is 1. The average Bonchev–Trinajstić information content (AvgIpc) is 2.56. The SMILES string of the molecule is C[C@@H]1CN(C(=O)c2ccc(=O)n(Cc3ccccc3)n2)C[C@H](C)O1. The van der Waals surface area contributed by atoms with Crippen LogP contribution in [0, 0.1) is 0 Å². The minimum Gasteiger partial charge on any atom is -0.372 e. The molecule has 0 saturated carbocycles. The van der Waals surface area contributed by atoms with Gasteiger partial charge in [0.05, 0.1) is 18.8 Å². The Morgan fingerprint density at radius 3 is 2.46 bits per heavy atom. The van der Waals surface area contributed by atoms with Crippen LogP contribution in [0.4, 0.5) is 0 Å². The smallest absolute Gasteiger partial charge is 0.274 e. The first-order valence-electron chi connectivity index (χ1n) is 8.10. The van der Waals surface area contributed by atoms with Crippen LogP contribution < -0.4 is 5.56 Å². The van der Waals surface area contributed by atoms with Gasteiger partial charge in [0.15, 0.2) is 0 Å². The minimum absolute atomic E-state index is 0.00655. The van der Waals surface area contributed by atoms with Gasteiger partial charge in [-0.25, -0.2) is 4.68 Å². The van der Waals surface area contributed by atoms with Gasteiger partial charge in [-0.1, -0.05) is 30.3 Å². The number of amides is 1. The van der Waals surface area contributed by atoms with E-state index in [2.05, 4.69) is 5.10 Å². The Hall–Kier alpha value is -2.47. The number of carbonyl (C=O) groups excluding carboxylic acids is 1. The van der Waals surface area contributed by atoms with Crippen molar-refractivity contribution in [3.8, 4) is 0 Å². The summed E-state index contributed by atoms with van der Waals surface area (Å²) >= 11 is 0. The Morgan fingerprint density at radius 2 is 1.79 bits per heavy atom. The summed E-state index contributed by atoms with van der Waals surface area (Å²) in [6, 6.07) is 12.5. The highest BCUT2D eigenvalue weighted by molar-refractivity contribution is 5.92. The summed E-state index contributed by atoms with van der Waals surface area (Å²) in [5.41, 5.74) is 1.02. The second-order valence-electron chi connectivity index (χ2n) is 6.17. The molecule has 1 aromatic carbocycles. The van der Waals surface area contributed by atoms with Crippen molar-refractivity contribution >= 4 is 5.91 Å². The molecule has 0 spiro atoms. The van der Waals surface area contributed by atoms with Crippen LogP contribution in [0.2, 0.25) is 0 Å². The molecule has 1 aliphatic heterocycles. The number of nitrogens with zero attached hydrogens (tertiary/aromatic N) is 3. The van der Waals surface area contributed by atoms with Crippen LogP contribution in [0.25, 0.3) is 0 Å². The van der Waals surface area contributed by atoms with Crippen LogP contribution in [0.1, 0.15) is 29.9 Å². The van der Waals surface area contributed by atoms with E-state index in [0.717, 1.165) is 5.56 Å². The van der Waals surface area contributed by atoms with Gasteiger partial charge in [-0.05, 0) is 25.5 Å². The van der Waals surface area contributed by atoms with Gasteiger partial charge >= 0.3 is 0 Å². The standard InChI is InChI=1S/C18H21N3O3/c1-13-10-20(11-14(2)24-13)18(23)16-8-9-17(22)21(19-16)12-15-6-4-3-5-7-15/h3-9,13-14H,10-12H2,1-2H3/t13-,14+. The summed E-state index contributed by atoms with van der Waals surface area (Å²) in [6.07, 6.45) is -0.0131. The molecule has 1 amide bonds. The van der Waals surface area contributed by atoms with Crippen LogP contribution in [0.3, 0.4) is 0 Å². The molecular weight excluding hydrogens is 306 g/mol. The molecule has 0 N–H and O–H groups in total. The van der Waals surface area contributed by atoms with E-state index in [9.17, 15) is 9.59 Å². The van der Waals surface area contributed by atoms with Gasteiger partial charge in [0.2, 0.25) is 0 Å². The molecule has 0 bridgehead atoms. The lowest BCUT2D eigenvalue weighted by atomic mass is 10.2. The number of aromatic nitrogens is 2. The van der Waals surface area contributed by atoms with Crippen LogP contribution >= 0.6 is 0 Å². The van der Waals surface area contributed by atoms with E-state index in [1.54, 1.807) is 4.90 Å². The Kier molecular flexibility index (Phi) is 4.76. The minimum atomic E-state index is -0.223. The van der Waals surface area contributed by atoms with Gasteiger partial charge in [0.1, 0.15) is 5.69 Å². The maximum atomic E-state index is 12.7. The molecule has 2 aromatic rings. The van der Waals surface area contributed by atoms with Gasteiger partial charge in [-0.2, -0.15) is 5.10 Å². The summed E-state index contributed by atoms with van der Waals surface area (Å²) in [5.74, 6) is -0.168. The number of ether oxygens (including phenoxy) is 1. The highest BCUT2D eigenvalue weighted by atomic mass is 16.5. The third kappa shape index (κ3) is 3.71. The summed E-state index contributed by atoms with van der Waals surface area (Å²) in [4.78, 5) is 26.5. The van der Waals surface area contributed by atoms with Crippen molar-refractivity contribution in [2.45, 2.75) is 32.6 Å². The molecule has 1 aromatic heterocycles. The highest BCUT2D eigenvalue weighted by Crippen LogP contribution is 2.13. The van der Waals surface area contributed by atoms with Crippen molar-refractivity contribution in [3.63, 3.8) is 0 Å². The fraction of sp³-hybridized carbons (Fsp3) is 0.389. The van der Waals surface area contributed by atoms with E-state index in [1.165, 1.54) is 16.8 Å². The van der Waals surface area contributed by atoms with Crippen molar-refractivity contribution in [2.75, 3.05) is 13.1 Å². The first-order chi connectivity index (χ1) is 11.5. The first-order valence-corrected chi connectivity index (χ1v) is 8.10. The van der Waals surface area contributed by atoms with E-state index >= 15 is 0 Å². The topological polar surface area (TPSA) is 64.4 Å². The molecule has 2 atom stereocenters. The zero-order valence-electron chi connectivity index (χ0n) is 13.9. The van der Waals surface area contributed by atoms with Gasteiger partial charge in [-0.3, -0.25) is 9.59 Å². The van der Waals surface area contributed by atoms with E-state index in [4.69, 9.17) is 4.74 Å². The zero-order valence-corrected chi connectivity index (χ0v) is 13.9. The van der Waals surface area contributed by atoms with E-state index < -0.39 is 0 Å². The summed E-state index contributed by atoms with van der Waals surface area (Å²) in [6.45, 7) is 5.29. The van der Waals surface area contributed by atoms with Gasteiger partial charge in [0.25, 0.3) is 11.5 Å². The first kappa shape index (κ1) is 16.4. The molecule has 0 radical (unpaired) electrons. The van der Waals surface area contributed by atoms with Gasteiger partial charge in [-0.15, -0.1) is 0 Å². The zero-order chi connectivity index (χ0) is 17.1. The predicted molar refractivity (Wildman–Crippen MR) is 90.0 cm³/mol. The number of rotatable bonds is 3. The lowest BCUT2D eigenvalue weighted by Gasteiger charge is -2.35. The number of carbonyl (C=O) groups is 1. The molecule has 1 fully saturated rings. The number of hydrogen-bond donors (Lipinski definition) is 0. The van der Waals surface area contributed by atoms with Crippen LogP contribution in [-0.2, 0) is 11.3 Å². The highest BCUT2D eigenvalue weighted by Gasteiger charge is 2.27. The fourth-order valence-electron chi connectivity index (χ4n) is 2.94. The molecule has 24 heavy (non-hydrogen) atoms. The third-order valence-corrected chi connectivity index (χ3v) is 3.97. The van der Waals surface area contributed by atoms with E-state index in [1.807, 2.05) is 44.2 Å². The van der Waals surface area contributed by atoms with Gasteiger partial charge in [0, 0.05) is 19.2 Å². The molecule has 0 unspecified atom stereocenters. The monoisotopic (exact) mass is 327 g/mol. The summed E-state index contributed by atoms with van der Waals surface area (Å²) in [5, 5.41) is 4.26. The normalized spacial score (nSPS) is 20.8. The van der Waals surface area contributed by atoms with Crippen molar-refractivity contribution in [2.24, 2.45) is 0 Å². The fourth-order valence-corrected chi connectivity index (χ4v) is 2.94. The summed E-state index contributed by atoms with van der Waals surface area (Å²) < 4.78 is 6.98. The molecule has 2 heterocycles. The molecule has 126 valence electrons. The van der Waals surface area contributed by atoms with Crippen LogP contribution in [0.5, 0.6) is 0 Å². The number of morpholine rings is 1. The molecule has 1 aliphatic rings.